The molecule has 4 aliphatic rings. The molecule has 8 nitrogen and oxygen atoms in total. The molecule has 1 aliphatic heterocycles. The number of Topliss-reactive ketones (excluding diaryl/α,β-unsaturated/α-hetero) is 1. The Bertz CT molecular complexity index is 1050. The van der Waals surface area contributed by atoms with Crippen molar-refractivity contribution in [3.63, 3.8) is 0 Å². The molecule has 2 unspecified atom stereocenters. The molecule has 35 heavy (non-hydrogen) atoms. The van der Waals surface area contributed by atoms with Crippen molar-refractivity contribution in [3.05, 3.63) is 59.6 Å². The number of hydrogen-bond donors (Lipinski definition) is 3. The number of rotatable bonds is 7. The molecule has 0 bridgehead atoms. The van der Waals surface area contributed by atoms with Gasteiger partial charge in [0.25, 0.3) is 0 Å². The van der Waals surface area contributed by atoms with Gasteiger partial charge in [-0.3, -0.25) is 4.79 Å². The third-order valence-corrected chi connectivity index (χ3v) is 8.41. The highest BCUT2D eigenvalue weighted by Crippen LogP contribution is 2.62. The number of ketones is 1. The number of carbonyl (C=O) groups excluding carboxylic acids is 2. The van der Waals surface area contributed by atoms with Gasteiger partial charge in [0.15, 0.2) is 5.76 Å². The Kier molecular flexibility index (Phi) is 6.59. The first-order valence-corrected chi connectivity index (χ1v) is 12.0. The van der Waals surface area contributed by atoms with Crippen molar-refractivity contribution in [3.8, 4) is 0 Å². The molecular formula is C27H35NO7. The van der Waals surface area contributed by atoms with Crippen LogP contribution < -0.4 is 0 Å². The van der Waals surface area contributed by atoms with E-state index in [9.17, 15) is 24.9 Å². The average molecular weight is 486 g/mol. The lowest BCUT2D eigenvalue weighted by Gasteiger charge is -2.53. The summed E-state index contributed by atoms with van der Waals surface area (Å²) in [5.74, 6) is -2.14. The minimum absolute atomic E-state index is 0.0115. The fraction of sp³-hybridized carbons (Fsp3) is 0.556. The first-order valence-electron chi connectivity index (χ1n) is 12.0. The van der Waals surface area contributed by atoms with Crippen LogP contribution in [0.25, 0.3) is 0 Å². The van der Waals surface area contributed by atoms with Crippen molar-refractivity contribution in [1.82, 2.24) is 4.90 Å². The van der Waals surface area contributed by atoms with Crippen LogP contribution in [0.4, 0.5) is 0 Å². The smallest absolute Gasteiger partial charge is 0.340 e. The summed E-state index contributed by atoms with van der Waals surface area (Å²) in [7, 11) is 1.48. The van der Waals surface area contributed by atoms with E-state index in [4.69, 9.17) is 9.47 Å². The SMILES string of the molecule is C=CCN(/C=C1/C(=O)O[C@H](COC)[C@@]2(C)C1=C(O)C(=O)C1=C2C(O)C[C@]2(C)C(O)CC[C@@H]12)CC=C. The van der Waals surface area contributed by atoms with Crippen molar-refractivity contribution in [2.45, 2.75) is 51.4 Å². The van der Waals surface area contributed by atoms with Crippen molar-refractivity contribution in [2.24, 2.45) is 16.7 Å². The number of allylic oxidation sites excluding steroid dienone is 1. The van der Waals surface area contributed by atoms with Gasteiger partial charge in [-0.1, -0.05) is 19.1 Å². The molecule has 0 amide bonds. The highest BCUT2D eigenvalue weighted by Gasteiger charge is 2.63. The van der Waals surface area contributed by atoms with Gasteiger partial charge in [-0.2, -0.15) is 0 Å². The average Bonchev–Trinajstić information content (AvgIpc) is 3.09. The first kappa shape index (κ1) is 25.4. The van der Waals surface area contributed by atoms with E-state index in [1.165, 1.54) is 7.11 Å². The van der Waals surface area contributed by atoms with Gasteiger partial charge in [0.2, 0.25) is 5.78 Å². The van der Waals surface area contributed by atoms with E-state index in [0.717, 1.165) is 0 Å². The third kappa shape index (κ3) is 3.61. The fourth-order valence-corrected chi connectivity index (χ4v) is 6.70. The molecule has 8 heteroatoms. The van der Waals surface area contributed by atoms with Gasteiger partial charge in [-0.05, 0) is 37.7 Å². The normalized spacial score (nSPS) is 37.6. The van der Waals surface area contributed by atoms with E-state index in [-0.39, 0.29) is 30.1 Å². The van der Waals surface area contributed by atoms with Gasteiger partial charge in [-0.25, -0.2) is 4.79 Å². The van der Waals surface area contributed by atoms with Crippen LogP contribution in [0, 0.1) is 16.7 Å². The number of methoxy groups -OCH3 is 1. The molecule has 0 aromatic rings. The lowest BCUT2D eigenvalue weighted by atomic mass is 9.53. The molecule has 6 atom stereocenters. The van der Waals surface area contributed by atoms with Gasteiger partial charge in [0.05, 0.1) is 29.8 Å². The lowest BCUT2D eigenvalue weighted by molar-refractivity contribution is -0.157. The second-order valence-electron chi connectivity index (χ2n) is 10.4. The summed E-state index contributed by atoms with van der Waals surface area (Å²) < 4.78 is 11.2. The highest BCUT2D eigenvalue weighted by atomic mass is 16.6. The molecule has 1 heterocycles. The zero-order valence-corrected chi connectivity index (χ0v) is 20.6. The topological polar surface area (TPSA) is 117 Å². The van der Waals surface area contributed by atoms with E-state index >= 15 is 0 Å². The Hall–Kier alpha value is -2.68. The van der Waals surface area contributed by atoms with Crippen molar-refractivity contribution < 1.29 is 34.4 Å². The number of ether oxygens (including phenoxy) is 2. The summed E-state index contributed by atoms with van der Waals surface area (Å²) in [6.45, 7) is 12.0. The van der Waals surface area contributed by atoms with Gasteiger partial charge < -0.3 is 29.7 Å². The molecule has 0 radical (unpaired) electrons. The van der Waals surface area contributed by atoms with Crippen LogP contribution in [-0.4, -0.2) is 77.1 Å². The van der Waals surface area contributed by atoms with Crippen molar-refractivity contribution in [1.29, 1.82) is 0 Å². The Morgan fingerprint density at radius 1 is 1.17 bits per heavy atom. The van der Waals surface area contributed by atoms with Crippen LogP contribution in [0.3, 0.4) is 0 Å². The van der Waals surface area contributed by atoms with Gasteiger partial charge in [-0.15, -0.1) is 13.2 Å². The van der Waals surface area contributed by atoms with E-state index < -0.39 is 46.7 Å². The summed E-state index contributed by atoms with van der Waals surface area (Å²) in [5.41, 5.74) is -0.920. The summed E-state index contributed by atoms with van der Waals surface area (Å²) in [5, 5.41) is 33.6. The number of esters is 1. The number of fused-ring (bicyclic) bond motifs is 4. The van der Waals surface area contributed by atoms with Crippen LogP contribution in [-0.2, 0) is 19.1 Å². The van der Waals surface area contributed by atoms with Gasteiger partial charge in [0.1, 0.15) is 6.10 Å². The third-order valence-electron chi connectivity index (χ3n) is 8.41. The van der Waals surface area contributed by atoms with E-state index in [1.54, 1.807) is 30.2 Å². The van der Waals surface area contributed by atoms with Crippen LogP contribution in [0.1, 0.15) is 33.1 Å². The molecule has 0 spiro atoms. The van der Waals surface area contributed by atoms with Gasteiger partial charge >= 0.3 is 5.97 Å². The quantitative estimate of drug-likeness (QED) is 0.286. The summed E-state index contributed by atoms with van der Waals surface area (Å²) in [6.07, 6.45) is 3.62. The summed E-state index contributed by atoms with van der Waals surface area (Å²) in [4.78, 5) is 28.7. The second-order valence-corrected chi connectivity index (χ2v) is 10.4. The monoisotopic (exact) mass is 485 g/mol. The Balaban J connectivity index is 1.96. The molecule has 3 N–H and O–H groups in total. The Labute approximate surface area is 205 Å². The van der Waals surface area contributed by atoms with Crippen molar-refractivity contribution in [2.75, 3.05) is 26.8 Å². The number of carbonyl (C=O) groups is 2. The molecule has 0 aromatic heterocycles. The number of hydrogen-bond acceptors (Lipinski definition) is 8. The molecular weight excluding hydrogens is 450 g/mol. The van der Waals surface area contributed by atoms with E-state index in [1.807, 2.05) is 6.92 Å². The highest BCUT2D eigenvalue weighted by molar-refractivity contribution is 6.13. The first-order chi connectivity index (χ1) is 16.6. The van der Waals surface area contributed by atoms with E-state index in [0.29, 0.717) is 37.1 Å². The van der Waals surface area contributed by atoms with Crippen LogP contribution in [0.15, 0.2) is 59.6 Å². The minimum atomic E-state index is -1.20. The molecule has 190 valence electrons. The zero-order chi connectivity index (χ0) is 25.7. The maximum absolute atomic E-state index is 13.7. The number of nitrogens with zero attached hydrogens (tertiary/aromatic N) is 1. The predicted octanol–water partition coefficient (Wildman–Crippen LogP) is 2.36. The molecule has 2 fully saturated rings. The largest absolute Gasteiger partial charge is 0.504 e. The molecule has 0 aromatic carbocycles. The van der Waals surface area contributed by atoms with Crippen LogP contribution >= 0.6 is 0 Å². The lowest BCUT2D eigenvalue weighted by Crippen LogP contribution is -2.56. The Morgan fingerprint density at radius 3 is 2.43 bits per heavy atom. The van der Waals surface area contributed by atoms with Crippen LogP contribution in [0.5, 0.6) is 0 Å². The number of aliphatic hydroxyl groups is 3. The summed E-state index contributed by atoms with van der Waals surface area (Å²) >= 11 is 0. The van der Waals surface area contributed by atoms with Gasteiger partial charge in [0, 0.05) is 43.0 Å². The molecule has 1 saturated carbocycles. The second kappa shape index (κ2) is 9.08. The Morgan fingerprint density at radius 2 is 1.83 bits per heavy atom. The van der Waals surface area contributed by atoms with E-state index in [2.05, 4.69) is 13.2 Å². The van der Waals surface area contributed by atoms with Crippen molar-refractivity contribution >= 4 is 11.8 Å². The maximum atomic E-state index is 13.7. The zero-order valence-electron chi connectivity index (χ0n) is 20.6. The summed E-state index contributed by atoms with van der Waals surface area (Å²) in [6, 6.07) is 0. The number of aliphatic hydroxyl groups excluding tert-OH is 3. The van der Waals surface area contributed by atoms with Crippen LogP contribution in [0.2, 0.25) is 0 Å². The number of cyclic esters (lactones) is 1. The maximum Gasteiger partial charge on any atom is 0.340 e. The standard InChI is InChI=1S/C27H35NO7/c1-6-10-28(11-7-2)13-15-21-24(32)23(31)20-16-8-9-18(30)26(16,3)12-17(29)22(20)27(21,4)19(14-34-5)35-25(15)33/h6-7,13,16-19,29-30,32H,1-2,8-12,14H2,3-5H3/b15-13+/t16-,17?,18?,19+,26-,27-/m0/s1. The molecule has 3 aliphatic carbocycles. The minimum Gasteiger partial charge on any atom is -0.504 e. The predicted molar refractivity (Wildman–Crippen MR) is 129 cm³/mol. The fourth-order valence-electron chi connectivity index (χ4n) is 6.70. The molecule has 4 rings (SSSR count). The molecule has 1 saturated heterocycles.